The zero-order valence-corrected chi connectivity index (χ0v) is 20.2. The van der Waals surface area contributed by atoms with E-state index in [1.54, 1.807) is 29.7 Å². The van der Waals surface area contributed by atoms with Crippen molar-refractivity contribution in [1.29, 1.82) is 0 Å². The molecule has 0 saturated carbocycles. The average molecular weight is 506 g/mol. The summed E-state index contributed by atoms with van der Waals surface area (Å²) in [6, 6.07) is 6.81. The van der Waals surface area contributed by atoms with Crippen LogP contribution in [0.4, 0.5) is 15.2 Å². The fourth-order valence-electron chi connectivity index (χ4n) is 4.30. The number of pyridine rings is 2. The van der Waals surface area contributed by atoms with Crippen LogP contribution in [-0.2, 0) is 16.1 Å². The number of fused-ring (bicyclic) bond motifs is 1. The molecule has 5 rings (SSSR count). The van der Waals surface area contributed by atoms with Crippen molar-refractivity contribution >= 4 is 45.0 Å². The van der Waals surface area contributed by atoms with Gasteiger partial charge in [0, 0.05) is 42.3 Å². The third-order valence-corrected chi connectivity index (χ3v) is 7.10. The lowest BCUT2D eigenvalue weighted by molar-refractivity contribution is -0.135. The van der Waals surface area contributed by atoms with E-state index in [0.29, 0.717) is 37.4 Å². The van der Waals surface area contributed by atoms with Crippen LogP contribution in [0.5, 0.6) is 0 Å². The first kappa shape index (κ1) is 23.6. The van der Waals surface area contributed by atoms with Gasteiger partial charge in [0.2, 0.25) is 11.8 Å². The molecule has 9 nitrogen and oxygen atoms in total. The molecule has 4 aromatic heterocycles. The monoisotopic (exact) mass is 505 g/mol. The molecule has 5 heterocycles. The normalized spacial score (nSPS) is 15.2. The number of likely N-dealkylation sites (tertiary alicyclic amines) is 1. The molecule has 184 valence electrons. The lowest BCUT2D eigenvalue weighted by atomic mass is 10.2. The van der Waals surface area contributed by atoms with Crippen LogP contribution >= 0.6 is 11.3 Å². The van der Waals surface area contributed by atoms with Crippen LogP contribution in [-0.4, -0.2) is 55.4 Å². The van der Waals surface area contributed by atoms with Crippen LogP contribution in [0.1, 0.15) is 12.8 Å². The molecule has 4 aromatic rings. The molecule has 0 aromatic carbocycles. The topological polar surface area (TPSA) is 105 Å². The number of thiophene rings is 1. The predicted molar refractivity (Wildman–Crippen MR) is 136 cm³/mol. The first-order valence-corrected chi connectivity index (χ1v) is 12.3. The third kappa shape index (κ3) is 4.82. The standard InChI is InChI=1S/C25H24FN7O2S/c1-2-24(34)33-10-3-4-19(33)25(35)28-9-11-32-15-30-18-14-29-22(12-20(18)32)31-23-6-5-21(36-23)16-7-8-27-13-17(16)26/h2,5-8,12-15,19H,1,3-4,9-11H2,(H,28,35)(H,29,31)/t19-/m0/s1. The number of halogens is 1. The number of anilines is 2. The summed E-state index contributed by atoms with van der Waals surface area (Å²) in [7, 11) is 0. The number of rotatable bonds is 8. The van der Waals surface area contributed by atoms with Gasteiger partial charge in [-0.05, 0) is 37.1 Å². The Labute approximate surface area is 210 Å². The Balaban J connectivity index is 1.24. The zero-order chi connectivity index (χ0) is 25.1. The minimum atomic E-state index is -0.452. The lowest BCUT2D eigenvalue weighted by Gasteiger charge is -2.22. The Bertz CT molecular complexity index is 1430. The minimum Gasteiger partial charge on any atom is -0.353 e. The van der Waals surface area contributed by atoms with E-state index in [4.69, 9.17) is 0 Å². The average Bonchev–Trinajstić information content (AvgIpc) is 3.64. The Morgan fingerprint density at radius 3 is 2.97 bits per heavy atom. The van der Waals surface area contributed by atoms with Crippen LogP contribution in [0.25, 0.3) is 21.5 Å². The third-order valence-electron chi connectivity index (χ3n) is 6.07. The highest BCUT2D eigenvalue weighted by Crippen LogP contribution is 2.34. The molecule has 0 bridgehead atoms. The molecule has 1 saturated heterocycles. The molecule has 11 heteroatoms. The van der Waals surface area contributed by atoms with Gasteiger partial charge in [0.25, 0.3) is 0 Å². The number of hydrogen-bond donors (Lipinski definition) is 2. The molecule has 0 radical (unpaired) electrons. The maximum Gasteiger partial charge on any atom is 0.246 e. The maximum absolute atomic E-state index is 14.1. The van der Waals surface area contributed by atoms with Crippen molar-refractivity contribution in [3.05, 3.63) is 67.7 Å². The molecule has 1 aliphatic rings. The fourth-order valence-corrected chi connectivity index (χ4v) is 5.24. The first-order valence-electron chi connectivity index (χ1n) is 11.5. The molecule has 0 unspecified atom stereocenters. The molecule has 2 N–H and O–H groups in total. The van der Waals surface area contributed by atoms with Crippen LogP contribution in [0.15, 0.2) is 61.8 Å². The number of imidazole rings is 1. The molecule has 1 aliphatic heterocycles. The van der Waals surface area contributed by atoms with E-state index in [2.05, 4.69) is 32.2 Å². The molecule has 0 spiro atoms. The minimum absolute atomic E-state index is 0.157. The Morgan fingerprint density at radius 1 is 1.25 bits per heavy atom. The van der Waals surface area contributed by atoms with Crippen LogP contribution in [0.2, 0.25) is 0 Å². The summed E-state index contributed by atoms with van der Waals surface area (Å²) >= 11 is 1.42. The van der Waals surface area contributed by atoms with Crippen molar-refractivity contribution in [3.63, 3.8) is 0 Å². The van der Waals surface area contributed by atoms with Crippen LogP contribution < -0.4 is 10.6 Å². The van der Waals surface area contributed by atoms with Crippen molar-refractivity contribution in [2.24, 2.45) is 0 Å². The Kier molecular flexibility index (Phi) is 6.72. The van der Waals surface area contributed by atoms with Crippen molar-refractivity contribution in [2.45, 2.75) is 25.4 Å². The van der Waals surface area contributed by atoms with Crippen molar-refractivity contribution in [1.82, 2.24) is 29.7 Å². The number of aromatic nitrogens is 4. The number of nitrogens with zero attached hydrogens (tertiary/aromatic N) is 5. The number of nitrogens with one attached hydrogen (secondary N) is 2. The van der Waals surface area contributed by atoms with Gasteiger partial charge in [0.1, 0.15) is 23.2 Å². The van der Waals surface area contributed by atoms with Gasteiger partial charge >= 0.3 is 0 Å². The fraction of sp³-hybridized carbons (Fsp3) is 0.240. The van der Waals surface area contributed by atoms with Crippen molar-refractivity contribution in [3.8, 4) is 10.4 Å². The Hall–Kier alpha value is -4.12. The molecule has 0 aliphatic carbocycles. The van der Waals surface area contributed by atoms with Gasteiger partial charge in [-0.2, -0.15) is 0 Å². The summed E-state index contributed by atoms with van der Waals surface area (Å²) in [6.45, 7) is 4.99. The van der Waals surface area contributed by atoms with E-state index < -0.39 is 6.04 Å². The van der Waals surface area contributed by atoms with E-state index in [9.17, 15) is 14.0 Å². The highest BCUT2D eigenvalue weighted by molar-refractivity contribution is 7.19. The molecule has 1 atom stereocenters. The summed E-state index contributed by atoms with van der Waals surface area (Å²) in [5, 5.41) is 7.02. The molecular formula is C25H24FN7O2S. The van der Waals surface area contributed by atoms with Gasteiger partial charge in [-0.1, -0.05) is 6.58 Å². The summed E-state index contributed by atoms with van der Waals surface area (Å²) in [5.41, 5.74) is 2.10. The summed E-state index contributed by atoms with van der Waals surface area (Å²) in [6.07, 6.45) is 8.86. The summed E-state index contributed by atoms with van der Waals surface area (Å²) in [4.78, 5) is 39.6. The smallest absolute Gasteiger partial charge is 0.246 e. The highest BCUT2D eigenvalue weighted by Gasteiger charge is 2.32. The van der Waals surface area contributed by atoms with E-state index in [1.807, 2.05) is 22.8 Å². The zero-order valence-electron chi connectivity index (χ0n) is 19.4. The second-order valence-corrected chi connectivity index (χ2v) is 9.41. The lowest BCUT2D eigenvalue weighted by Crippen LogP contribution is -2.46. The summed E-state index contributed by atoms with van der Waals surface area (Å²) in [5.74, 6) is -0.115. The first-order chi connectivity index (χ1) is 17.5. The maximum atomic E-state index is 14.1. The van der Waals surface area contributed by atoms with Gasteiger partial charge in [-0.3, -0.25) is 14.6 Å². The van der Waals surface area contributed by atoms with E-state index in [1.165, 1.54) is 23.6 Å². The van der Waals surface area contributed by atoms with Gasteiger partial charge in [-0.15, -0.1) is 11.3 Å². The number of hydrogen-bond acceptors (Lipinski definition) is 7. The molecule has 2 amide bonds. The summed E-state index contributed by atoms with van der Waals surface area (Å²) < 4.78 is 16.0. The van der Waals surface area contributed by atoms with E-state index >= 15 is 0 Å². The van der Waals surface area contributed by atoms with Crippen molar-refractivity contribution in [2.75, 3.05) is 18.4 Å². The second kappa shape index (κ2) is 10.2. The highest BCUT2D eigenvalue weighted by atomic mass is 32.1. The predicted octanol–water partition coefficient (Wildman–Crippen LogP) is 3.73. The quantitative estimate of drug-likeness (QED) is 0.354. The van der Waals surface area contributed by atoms with Gasteiger partial charge in [0.15, 0.2) is 0 Å². The van der Waals surface area contributed by atoms with Crippen LogP contribution in [0, 0.1) is 5.82 Å². The van der Waals surface area contributed by atoms with E-state index in [0.717, 1.165) is 27.3 Å². The van der Waals surface area contributed by atoms with Gasteiger partial charge < -0.3 is 20.1 Å². The van der Waals surface area contributed by atoms with E-state index in [-0.39, 0.29) is 17.6 Å². The molecule has 1 fully saturated rings. The van der Waals surface area contributed by atoms with Crippen LogP contribution in [0.3, 0.4) is 0 Å². The van der Waals surface area contributed by atoms with Crippen molar-refractivity contribution < 1.29 is 14.0 Å². The van der Waals surface area contributed by atoms with Gasteiger partial charge in [-0.25, -0.2) is 14.4 Å². The second-order valence-electron chi connectivity index (χ2n) is 8.33. The number of amides is 2. The number of carbonyl (C=O) groups excluding carboxylic acids is 2. The Morgan fingerprint density at radius 2 is 2.14 bits per heavy atom. The molecule has 36 heavy (non-hydrogen) atoms. The largest absolute Gasteiger partial charge is 0.353 e. The van der Waals surface area contributed by atoms with Gasteiger partial charge in [0.05, 0.1) is 29.2 Å². The SMILES string of the molecule is C=CC(=O)N1CCC[C@H]1C(=O)NCCn1cnc2cnc(Nc3ccc(-c4ccncc4F)s3)cc21. The number of carbonyl (C=O) groups is 2. The molecular weight excluding hydrogens is 481 g/mol.